The highest BCUT2D eigenvalue weighted by Gasteiger charge is 2.32. The molecule has 0 radical (unpaired) electrons. The Morgan fingerprint density at radius 2 is 1.47 bits per heavy atom. The summed E-state index contributed by atoms with van der Waals surface area (Å²) in [7, 11) is 0. The van der Waals surface area contributed by atoms with Crippen molar-refractivity contribution in [3.8, 4) is 0 Å². The fourth-order valence-electron chi connectivity index (χ4n) is 1.84. The van der Waals surface area contributed by atoms with Crippen molar-refractivity contribution < 1.29 is 23.4 Å². The molecule has 0 amide bonds. The number of hydrogen-bond donors (Lipinski definition) is 2. The number of aliphatic hydroxyl groups excluding tert-OH is 2. The molecule has 1 heterocycles. The van der Waals surface area contributed by atoms with Crippen LogP contribution < -0.4 is 4.90 Å². The SMILES string of the molecule is OC1CN(c2ccc(C(F)(F)F)cc2)CC1O. The van der Waals surface area contributed by atoms with Gasteiger partial charge in [-0.2, -0.15) is 13.2 Å². The van der Waals surface area contributed by atoms with E-state index in [4.69, 9.17) is 0 Å². The molecule has 94 valence electrons. The molecule has 0 bridgehead atoms. The van der Waals surface area contributed by atoms with Crippen molar-refractivity contribution >= 4 is 5.69 Å². The van der Waals surface area contributed by atoms with Crippen molar-refractivity contribution in [1.82, 2.24) is 0 Å². The molecule has 2 rings (SSSR count). The maximum Gasteiger partial charge on any atom is 0.416 e. The molecule has 2 N–H and O–H groups in total. The lowest BCUT2D eigenvalue weighted by Gasteiger charge is -2.18. The summed E-state index contributed by atoms with van der Waals surface area (Å²) in [5, 5.41) is 18.7. The van der Waals surface area contributed by atoms with Gasteiger partial charge in [0.2, 0.25) is 0 Å². The van der Waals surface area contributed by atoms with E-state index < -0.39 is 23.9 Å². The fourth-order valence-corrected chi connectivity index (χ4v) is 1.84. The maximum atomic E-state index is 12.3. The Hall–Kier alpha value is -1.27. The van der Waals surface area contributed by atoms with Crippen LogP contribution in [0.3, 0.4) is 0 Å². The Morgan fingerprint density at radius 3 is 1.88 bits per heavy atom. The highest BCUT2D eigenvalue weighted by atomic mass is 19.4. The smallest absolute Gasteiger partial charge is 0.389 e. The van der Waals surface area contributed by atoms with E-state index in [-0.39, 0.29) is 13.1 Å². The first-order valence-electron chi connectivity index (χ1n) is 5.16. The molecule has 0 aromatic heterocycles. The van der Waals surface area contributed by atoms with E-state index in [1.54, 1.807) is 4.90 Å². The van der Waals surface area contributed by atoms with Crippen molar-refractivity contribution in [2.75, 3.05) is 18.0 Å². The highest BCUT2D eigenvalue weighted by molar-refractivity contribution is 5.49. The lowest BCUT2D eigenvalue weighted by molar-refractivity contribution is -0.137. The van der Waals surface area contributed by atoms with Gasteiger partial charge in [0.25, 0.3) is 0 Å². The zero-order chi connectivity index (χ0) is 12.6. The molecule has 1 saturated heterocycles. The van der Waals surface area contributed by atoms with Crippen molar-refractivity contribution in [2.24, 2.45) is 0 Å². The summed E-state index contributed by atoms with van der Waals surface area (Å²) in [5.74, 6) is 0. The summed E-state index contributed by atoms with van der Waals surface area (Å²) in [6.07, 6.45) is -6.04. The lowest BCUT2D eigenvalue weighted by atomic mass is 10.2. The first kappa shape index (κ1) is 12.2. The van der Waals surface area contributed by atoms with E-state index in [0.29, 0.717) is 5.69 Å². The number of aliphatic hydroxyl groups is 2. The summed E-state index contributed by atoms with van der Waals surface area (Å²) in [4.78, 5) is 1.65. The summed E-state index contributed by atoms with van der Waals surface area (Å²) >= 11 is 0. The summed E-state index contributed by atoms with van der Waals surface area (Å²) in [6.45, 7) is 0.457. The fraction of sp³-hybridized carbons (Fsp3) is 0.455. The summed E-state index contributed by atoms with van der Waals surface area (Å²) in [5.41, 5.74) is -0.143. The van der Waals surface area contributed by atoms with Crippen LogP contribution in [0.4, 0.5) is 18.9 Å². The second kappa shape index (κ2) is 4.19. The first-order valence-corrected chi connectivity index (χ1v) is 5.16. The third-order valence-electron chi connectivity index (χ3n) is 2.82. The Kier molecular flexibility index (Phi) is 3.01. The molecule has 2 unspecified atom stereocenters. The average Bonchev–Trinajstić information content (AvgIpc) is 2.58. The molecule has 1 fully saturated rings. The quantitative estimate of drug-likeness (QED) is 0.785. The molecule has 1 aliphatic rings. The van der Waals surface area contributed by atoms with Gasteiger partial charge in [0.05, 0.1) is 17.8 Å². The van der Waals surface area contributed by atoms with E-state index in [0.717, 1.165) is 12.1 Å². The van der Waals surface area contributed by atoms with Crippen LogP contribution in [0, 0.1) is 0 Å². The standard InChI is InChI=1S/C11H12F3NO2/c12-11(13,14)7-1-3-8(4-2-7)15-5-9(16)10(17)6-15/h1-4,9-10,16-17H,5-6H2. The molecule has 0 aliphatic carbocycles. The molecular formula is C11H12F3NO2. The Bertz CT molecular complexity index is 381. The summed E-state index contributed by atoms with van der Waals surface area (Å²) < 4.78 is 37.0. The van der Waals surface area contributed by atoms with Gasteiger partial charge in [0, 0.05) is 18.8 Å². The third kappa shape index (κ3) is 2.53. The van der Waals surface area contributed by atoms with Gasteiger partial charge in [-0.25, -0.2) is 0 Å². The van der Waals surface area contributed by atoms with Crippen LogP contribution in [-0.4, -0.2) is 35.5 Å². The van der Waals surface area contributed by atoms with Crippen LogP contribution in [0.2, 0.25) is 0 Å². The number of halogens is 3. The normalized spacial score (nSPS) is 25.4. The molecule has 3 nitrogen and oxygen atoms in total. The van der Waals surface area contributed by atoms with Crippen LogP contribution >= 0.6 is 0 Å². The number of hydrogen-bond acceptors (Lipinski definition) is 3. The lowest BCUT2D eigenvalue weighted by Crippen LogP contribution is -2.22. The topological polar surface area (TPSA) is 43.7 Å². The maximum absolute atomic E-state index is 12.3. The highest BCUT2D eigenvalue weighted by Crippen LogP contribution is 2.31. The van der Waals surface area contributed by atoms with E-state index in [9.17, 15) is 23.4 Å². The van der Waals surface area contributed by atoms with Crippen LogP contribution in [0.1, 0.15) is 5.56 Å². The largest absolute Gasteiger partial charge is 0.416 e. The Balaban J connectivity index is 2.14. The van der Waals surface area contributed by atoms with Gasteiger partial charge in [-0.1, -0.05) is 0 Å². The predicted octanol–water partition coefficient (Wildman–Crippen LogP) is 1.25. The Morgan fingerprint density at radius 1 is 1.00 bits per heavy atom. The molecule has 6 heteroatoms. The van der Waals surface area contributed by atoms with Crippen molar-refractivity contribution in [2.45, 2.75) is 18.4 Å². The molecule has 1 aromatic rings. The molecular weight excluding hydrogens is 235 g/mol. The van der Waals surface area contributed by atoms with Crippen molar-refractivity contribution in [3.05, 3.63) is 29.8 Å². The molecule has 17 heavy (non-hydrogen) atoms. The Labute approximate surface area is 96.1 Å². The van der Waals surface area contributed by atoms with Crippen molar-refractivity contribution in [3.63, 3.8) is 0 Å². The van der Waals surface area contributed by atoms with E-state index >= 15 is 0 Å². The monoisotopic (exact) mass is 247 g/mol. The van der Waals surface area contributed by atoms with Gasteiger partial charge in [-0.15, -0.1) is 0 Å². The van der Waals surface area contributed by atoms with Gasteiger partial charge in [0.1, 0.15) is 0 Å². The second-order valence-corrected chi connectivity index (χ2v) is 4.08. The minimum atomic E-state index is -4.34. The molecule has 0 spiro atoms. The molecule has 2 atom stereocenters. The molecule has 0 saturated carbocycles. The van der Waals surface area contributed by atoms with Crippen LogP contribution in [0.15, 0.2) is 24.3 Å². The van der Waals surface area contributed by atoms with E-state index in [2.05, 4.69) is 0 Å². The minimum absolute atomic E-state index is 0.229. The van der Waals surface area contributed by atoms with Crippen LogP contribution in [-0.2, 0) is 6.18 Å². The van der Waals surface area contributed by atoms with Gasteiger partial charge in [-0.05, 0) is 24.3 Å². The predicted molar refractivity (Wildman–Crippen MR) is 55.7 cm³/mol. The van der Waals surface area contributed by atoms with Gasteiger partial charge in [-0.3, -0.25) is 0 Å². The molecule has 1 aliphatic heterocycles. The van der Waals surface area contributed by atoms with Crippen LogP contribution in [0.5, 0.6) is 0 Å². The zero-order valence-corrected chi connectivity index (χ0v) is 8.85. The van der Waals surface area contributed by atoms with Gasteiger partial charge < -0.3 is 15.1 Å². The minimum Gasteiger partial charge on any atom is -0.389 e. The number of β-amino-alcohol motifs (C(OH)–C–C–N with tert-alkyl or cyclic N) is 2. The zero-order valence-electron chi connectivity index (χ0n) is 8.85. The number of benzene rings is 1. The van der Waals surface area contributed by atoms with Crippen molar-refractivity contribution in [1.29, 1.82) is 0 Å². The van der Waals surface area contributed by atoms with E-state index in [1.165, 1.54) is 12.1 Å². The number of anilines is 1. The van der Waals surface area contributed by atoms with Gasteiger partial charge >= 0.3 is 6.18 Å². The average molecular weight is 247 g/mol. The number of rotatable bonds is 1. The number of nitrogens with zero attached hydrogens (tertiary/aromatic N) is 1. The van der Waals surface area contributed by atoms with E-state index in [1.807, 2.05) is 0 Å². The third-order valence-corrected chi connectivity index (χ3v) is 2.82. The summed E-state index contributed by atoms with van der Waals surface area (Å²) in [6, 6.07) is 4.67. The second-order valence-electron chi connectivity index (χ2n) is 4.08. The van der Waals surface area contributed by atoms with Crippen LogP contribution in [0.25, 0.3) is 0 Å². The van der Waals surface area contributed by atoms with Gasteiger partial charge in [0.15, 0.2) is 0 Å². The number of alkyl halides is 3. The molecule has 1 aromatic carbocycles. The first-order chi connectivity index (χ1) is 7.88.